The molecule has 0 bridgehead atoms. The molecule has 170 valence electrons. The lowest BCUT2D eigenvalue weighted by molar-refractivity contribution is -0.118. The van der Waals surface area contributed by atoms with E-state index in [1.54, 1.807) is 18.6 Å². The number of rotatable bonds is 4. The molecule has 2 aromatic carbocycles. The largest absolute Gasteiger partial charge is 0.353 e. The first kappa shape index (κ1) is 20.4. The Balaban J connectivity index is 1.33. The van der Waals surface area contributed by atoms with Gasteiger partial charge in [0.25, 0.3) is 5.91 Å². The average Bonchev–Trinajstić information content (AvgIpc) is 3.51. The van der Waals surface area contributed by atoms with Gasteiger partial charge in [0.05, 0.1) is 29.8 Å². The molecule has 1 aliphatic carbocycles. The standard InChI is InChI=1S/C25H23N7O2/c1-32-11-20(27-12-32)23-18-10-28-31-24(33)17-8-16(9-19(30-23)21(17)18)29-25(34)22(26)15-6-13-4-2-3-5-14(13)7-15/h2-5,8-12,15,22,30H,6-7,26H2,1H3,(H,29,34)(H,31,33)/t22-/m1/s1. The highest BCUT2D eigenvalue weighted by Gasteiger charge is 2.31. The highest BCUT2D eigenvalue weighted by atomic mass is 16.2. The molecule has 3 heterocycles. The SMILES string of the molecule is Cn1cnc(-c2[nH]c3cc(NC(=O)[C@H](N)C4Cc5ccccc5C4)cc4c3c2C=NNC4=O)c1. The van der Waals surface area contributed by atoms with E-state index in [0.29, 0.717) is 16.8 Å². The number of anilines is 1. The zero-order chi connectivity index (χ0) is 23.4. The van der Waals surface area contributed by atoms with Gasteiger partial charge < -0.3 is 20.6 Å². The van der Waals surface area contributed by atoms with E-state index in [2.05, 4.69) is 37.9 Å². The normalized spacial score (nSPS) is 15.8. The van der Waals surface area contributed by atoms with Crippen LogP contribution in [0.3, 0.4) is 0 Å². The number of nitrogens with two attached hydrogens (primary N) is 1. The molecule has 6 rings (SSSR count). The van der Waals surface area contributed by atoms with Crippen molar-refractivity contribution in [1.82, 2.24) is 20.0 Å². The highest BCUT2D eigenvalue weighted by Crippen LogP contribution is 2.34. The van der Waals surface area contributed by atoms with Crippen LogP contribution in [0.25, 0.3) is 22.3 Å². The Hall–Kier alpha value is -4.24. The number of aromatic amines is 1. The van der Waals surface area contributed by atoms with Gasteiger partial charge in [0.2, 0.25) is 5.91 Å². The predicted molar refractivity (Wildman–Crippen MR) is 130 cm³/mol. The van der Waals surface area contributed by atoms with Gasteiger partial charge in [0.1, 0.15) is 5.69 Å². The third kappa shape index (κ3) is 3.29. The molecular weight excluding hydrogens is 430 g/mol. The van der Waals surface area contributed by atoms with Crippen molar-refractivity contribution in [3.63, 3.8) is 0 Å². The van der Waals surface area contributed by atoms with Crippen molar-refractivity contribution in [2.75, 3.05) is 5.32 Å². The zero-order valence-electron chi connectivity index (χ0n) is 18.5. The smallest absolute Gasteiger partial charge is 0.272 e. The molecule has 4 aromatic rings. The van der Waals surface area contributed by atoms with Crippen molar-refractivity contribution in [3.8, 4) is 11.4 Å². The van der Waals surface area contributed by atoms with Crippen LogP contribution in [-0.4, -0.2) is 38.6 Å². The number of fused-ring (bicyclic) bond motifs is 1. The van der Waals surface area contributed by atoms with Crippen LogP contribution in [0.2, 0.25) is 0 Å². The summed E-state index contributed by atoms with van der Waals surface area (Å²) in [6, 6.07) is 11.0. The maximum absolute atomic E-state index is 13.1. The predicted octanol–water partition coefficient (Wildman–Crippen LogP) is 2.33. The lowest BCUT2D eigenvalue weighted by atomic mass is 9.96. The summed E-state index contributed by atoms with van der Waals surface area (Å²) in [7, 11) is 1.89. The van der Waals surface area contributed by atoms with E-state index in [-0.39, 0.29) is 17.7 Å². The summed E-state index contributed by atoms with van der Waals surface area (Å²) in [6.45, 7) is 0. The Morgan fingerprint density at radius 1 is 1.24 bits per heavy atom. The van der Waals surface area contributed by atoms with Crippen molar-refractivity contribution >= 4 is 34.6 Å². The first-order valence-electron chi connectivity index (χ1n) is 11.1. The van der Waals surface area contributed by atoms with Crippen molar-refractivity contribution in [2.45, 2.75) is 18.9 Å². The fourth-order valence-corrected chi connectivity index (χ4v) is 4.98. The van der Waals surface area contributed by atoms with Crippen LogP contribution in [0, 0.1) is 5.92 Å². The number of H-pyrrole nitrogens is 1. The Bertz CT molecular complexity index is 1470. The van der Waals surface area contributed by atoms with Crippen molar-refractivity contribution in [2.24, 2.45) is 23.8 Å². The molecule has 34 heavy (non-hydrogen) atoms. The molecule has 0 radical (unpaired) electrons. The molecule has 9 nitrogen and oxygen atoms in total. The number of aryl methyl sites for hydroxylation is 1. The van der Waals surface area contributed by atoms with E-state index >= 15 is 0 Å². The number of carbonyl (C=O) groups is 2. The molecule has 2 aliphatic rings. The summed E-state index contributed by atoms with van der Waals surface area (Å²) in [4.78, 5) is 33.6. The van der Waals surface area contributed by atoms with Crippen molar-refractivity contribution < 1.29 is 9.59 Å². The molecule has 1 aliphatic heterocycles. The van der Waals surface area contributed by atoms with Crippen LogP contribution >= 0.6 is 0 Å². The highest BCUT2D eigenvalue weighted by molar-refractivity contribution is 6.18. The van der Waals surface area contributed by atoms with Gasteiger partial charge in [-0.25, -0.2) is 10.4 Å². The number of hydrazone groups is 1. The molecule has 2 aromatic heterocycles. The summed E-state index contributed by atoms with van der Waals surface area (Å²) in [5.41, 5.74) is 15.3. The number of hydrogen-bond acceptors (Lipinski definition) is 5. The quantitative estimate of drug-likeness (QED) is 0.378. The first-order valence-corrected chi connectivity index (χ1v) is 11.1. The number of amides is 2. The Kier molecular flexibility index (Phi) is 4.59. The Morgan fingerprint density at radius 2 is 2.00 bits per heavy atom. The number of nitrogens with zero attached hydrogens (tertiary/aromatic N) is 3. The van der Waals surface area contributed by atoms with Crippen LogP contribution in [0.5, 0.6) is 0 Å². The minimum atomic E-state index is -0.664. The summed E-state index contributed by atoms with van der Waals surface area (Å²) >= 11 is 0. The molecule has 5 N–H and O–H groups in total. The van der Waals surface area contributed by atoms with Gasteiger partial charge in [0.15, 0.2) is 0 Å². The van der Waals surface area contributed by atoms with Crippen LogP contribution in [0.15, 0.2) is 54.0 Å². The molecule has 0 spiro atoms. The van der Waals surface area contributed by atoms with Crippen molar-refractivity contribution in [3.05, 3.63) is 71.2 Å². The van der Waals surface area contributed by atoms with E-state index in [1.807, 2.05) is 36.0 Å². The number of aromatic nitrogens is 3. The molecule has 0 fully saturated rings. The summed E-state index contributed by atoms with van der Waals surface area (Å²) in [6.07, 6.45) is 6.77. The number of nitrogens with one attached hydrogen (secondary N) is 3. The van der Waals surface area contributed by atoms with Crippen LogP contribution in [0.1, 0.15) is 27.0 Å². The van der Waals surface area contributed by atoms with Gasteiger partial charge in [-0.15, -0.1) is 0 Å². The summed E-state index contributed by atoms with van der Waals surface area (Å²) in [5, 5.41) is 7.72. The second kappa shape index (κ2) is 7.67. The number of hydrogen-bond donors (Lipinski definition) is 4. The van der Waals surface area contributed by atoms with E-state index in [1.165, 1.54) is 11.1 Å². The lowest BCUT2D eigenvalue weighted by Crippen LogP contribution is -2.42. The second-order valence-electron chi connectivity index (χ2n) is 8.94. The van der Waals surface area contributed by atoms with Crippen LogP contribution in [-0.2, 0) is 24.7 Å². The van der Waals surface area contributed by atoms with Crippen molar-refractivity contribution in [1.29, 1.82) is 0 Å². The van der Waals surface area contributed by atoms with E-state index in [4.69, 9.17) is 5.73 Å². The van der Waals surface area contributed by atoms with E-state index < -0.39 is 6.04 Å². The molecule has 2 amide bonds. The molecular formula is C25H23N7O2. The lowest BCUT2D eigenvalue weighted by Gasteiger charge is -2.18. The molecule has 9 heteroatoms. The Morgan fingerprint density at radius 3 is 2.71 bits per heavy atom. The molecule has 0 unspecified atom stereocenters. The maximum Gasteiger partial charge on any atom is 0.272 e. The monoisotopic (exact) mass is 453 g/mol. The van der Waals surface area contributed by atoms with Gasteiger partial charge in [-0.05, 0) is 42.0 Å². The minimum absolute atomic E-state index is 0.0345. The van der Waals surface area contributed by atoms with Crippen LogP contribution < -0.4 is 16.5 Å². The number of carbonyl (C=O) groups excluding carboxylic acids is 2. The third-order valence-electron chi connectivity index (χ3n) is 6.66. The van der Waals surface area contributed by atoms with Gasteiger partial charge in [0, 0.05) is 35.4 Å². The van der Waals surface area contributed by atoms with E-state index in [9.17, 15) is 9.59 Å². The maximum atomic E-state index is 13.1. The molecule has 1 atom stereocenters. The topological polar surface area (TPSA) is 130 Å². The number of imidazole rings is 1. The fourth-order valence-electron chi connectivity index (χ4n) is 4.98. The number of benzene rings is 2. The zero-order valence-corrected chi connectivity index (χ0v) is 18.5. The van der Waals surface area contributed by atoms with Gasteiger partial charge in [-0.1, -0.05) is 24.3 Å². The molecule has 0 saturated carbocycles. The second-order valence-corrected chi connectivity index (χ2v) is 8.94. The van der Waals surface area contributed by atoms with Gasteiger partial charge in [-0.2, -0.15) is 5.10 Å². The summed E-state index contributed by atoms with van der Waals surface area (Å²) < 4.78 is 1.85. The van der Waals surface area contributed by atoms with Gasteiger partial charge >= 0.3 is 0 Å². The Labute approximate surface area is 195 Å². The molecule has 0 saturated heterocycles. The van der Waals surface area contributed by atoms with E-state index in [0.717, 1.165) is 35.2 Å². The first-order chi connectivity index (χ1) is 16.5. The van der Waals surface area contributed by atoms with Gasteiger partial charge in [-0.3, -0.25) is 9.59 Å². The third-order valence-corrected chi connectivity index (χ3v) is 6.66. The van der Waals surface area contributed by atoms with Crippen LogP contribution in [0.4, 0.5) is 5.69 Å². The summed E-state index contributed by atoms with van der Waals surface area (Å²) in [5.74, 6) is -0.586. The average molecular weight is 454 g/mol. The fraction of sp³-hybridized carbons (Fsp3) is 0.200. The minimum Gasteiger partial charge on any atom is -0.353 e.